The van der Waals surface area contributed by atoms with Crippen LogP contribution in [0.3, 0.4) is 0 Å². The lowest BCUT2D eigenvalue weighted by Gasteiger charge is -2.34. The van der Waals surface area contributed by atoms with Crippen molar-refractivity contribution in [3.05, 3.63) is 101 Å². The average Bonchev–Trinajstić information content (AvgIpc) is 3.23. The molecule has 5 rings (SSSR count). The second kappa shape index (κ2) is 8.98. The van der Waals surface area contributed by atoms with Crippen LogP contribution in [0.25, 0.3) is 6.08 Å². The number of hydrogen-bond donors (Lipinski definition) is 0. The number of rotatable bonds is 5. The van der Waals surface area contributed by atoms with Gasteiger partial charge in [0.05, 0.1) is 25.3 Å². The van der Waals surface area contributed by atoms with Crippen molar-refractivity contribution >= 4 is 23.6 Å². The number of carbonyl (C=O) groups excluding carboxylic acids is 1. The molecule has 0 saturated carbocycles. The molecule has 0 aromatic heterocycles. The molecule has 1 fully saturated rings. The van der Waals surface area contributed by atoms with E-state index in [9.17, 15) is 15.3 Å². The molecule has 0 radical (unpaired) electrons. The maximum atomic E-state index is 14.0. The first-order chi connectivity index (χ1) is 17.1. The summed E-state index contributed by atoms with van der Waals surface area (Å²) in [5, 5.41) is 21.2. The van der Waals surface area contributed by atoms with Crippen LogP contribution in [-0.2, 0) is 0 Å². The molecule has 1 saturated heterocycles. The molecule has 2 aliphatic rings. The van der Waals surface area contributed by atoms with Gasteiger partial charge in [-0.1, -0.05) is 48.5 Å². The van der Waals surface area contributed by atoms with Crippen LogP contribution in [0.5, 0.6) is 5.75 Å². The van der Waals surface area contributed by atoms with Crippen LogP contribution in [0.1, 0.15) is 39.0 Å². The highest BCUT2D eigenvalue weighted by Gasteiger charge is 2.63. The molecule has 3 aromatic carbocycles. The summed E-state index contributed by atoms with van der Waals surface area (Å²) in [5.74, 6) is -0.0622. The number of benzene rings is 3. The van der Waals surface area contributed by atoms with Crippen LogP contribution in [0.4, 0.5) is 0 Å². The topological polar surface area (TPSA) is 77.1 Å². The normalized spacial score (nSPS) is 21.4. The van der Waals surface area contributed by atoms with Gasteiger partial charge in [-0.15, -0.1) is 11.8 Å². The lowest BCUT2D eigenvalue weighted by molar-refractivity contribution is 0.0874. The Balaban J connectivity index is 1.75. The second-order valence-corrected chi connectivity index (χ2v) is 9.56. The Bertz CT molecular complexity index is 1370. The first-order valence-corrected chi connectivity index (χ1v) is 12.5. The number of ether oxygens (including phenoxy) is 1. The predicted octanol–water partition coefficient (Wildman–Crippen LogP) is 5.83. The number of thioether (sulfide) groups is 1. The van der Waals surface area contributed by atoms with Crippen molar-refractivity contribution in [1.29, 1.82) is 10.5 Å². The van der Waals surface area contributed by atoms with E-state index in [-0.39, 0.29) is 5.78 Å². The van der Waals surface area contributed by atoms with Crippen molar-refractivity contribution in [2.45, 2.75) is 22.9 Å². The van der Waals surface area contributed by atoms with Crippen molar-refractivity contribution in [2.75, 3.05) is 13.4 Å². The number of nitrogens with zero attached hydrogens (tertiary/aromatic N) is 3. The number of methoxy groups -OCH3 is 1. The summed E-state index contributed by atoms with van der Waals surface area (Å²) in [6.07, 6.45) is 5.79. The molecule has 6 heteroatoms. The molecule has 172 valence electrons. The summed E-state index contributed by atoms with van der Waals surface area (Å²) < 4.78 is 5.39. The average molecular weight is 478 g/mol. The minimum Gasteiger partial charge on any atom is -0.497 e. The fourth-order valence-corrected chi connectivity index (χ4v) is 5.82. The van der Waals surface area contributed by atoms with Gasteiger partial charge in [0.15, 0.2) is 11.2 Å². The fourth-order valence-electron chi connectivity index (χ4n) is 5.41. The van der Waals surface area contributed by atoms with Gasteiger partial charge >= 0.3 is 0 Å². The van der Waals surface area contributed by atoms with Crippen molar-refractivity contribution in [2.24, 2.45) is 5.41 Å². The van der Waals surface area contributed by atoms with Gasteiger partial charge in [-0.25, -0.2) is 0 Å². The second-order valence-electron chi connectivity index (χ2n) is 8.68. The highest BCUT2D eigenvalue weighted by atomic mass is 32.2. The smallest absolute Gasteiger partial charge is 0.185 e. The van der Waals surface area contributed by atoms with Gasteiger partial charge in [0.2, 0.25) is 0 Å². The van der Waals surface area contributed by atoms with E-state index in [0.717, 1.165) is 21.6 Å². The third kappa shape index (κ3) is 3.50. The first kappa shape index (κ1) is 22.8. The van der Waals surface area contributed by atoms with Crippen LogP contribution in [-0.4, -0.2) is 30.1 Å². The van der Waals surface area contributed by atoms with Gasteiger partial charge < -0.3 is 9.64 Å². The Labute approximate surface area is 209 Å². The predicted molar refractivity (Wildman–Crippen MR) is 136 cm³/mol. The molecule has 3 aromatic rings. The van der Waals surface area contributed by atoms with E-state index in [0.29, 0.717) is 11.3 Å². The lowest BCUT2D eigenvalue weighted by Crippen LogP contribution is -2.37. The summed E-state index contributed by atoms with van der Waals surface area (Å²) in [6, 6.07) is 26.1. The van der Waals surface area contributed by atoms with Gasteiger partial charge in [-0.3, -0.25) is 4.79 Å². The summed E-state index contributed by atoms with van der Waals surface area (Å²) in [6.45, 7) is 0. The Kier molecular flexibility index (Phi) is 5.84. The number of fused-ring (bicyclic) bond motifs is 3. The summed E-state index contributed by atoms with van der Waals surface area (Å²) in [4.78, 5) is 17.0. The molecule has 0 bridgehead atoms. The zero-order valence-electron chi connectivity index (χ0n) is 19.4. The van der Waals surface area contributed by atoms with Crippen LogP contribution in [0, 0.1) is 28.1 Å². The molecular formula is C29H23N3O2S. The van der Waals surface area contributed by atoms with Gasteiger partial charge in [-0.05, 0) is 53.3 Å². The zero-order chi connectivity index (χ0) is 24.6. The molecule has 5 nitrogen and oxygen atoms in total. The first-order valence-electron chi connectivity index (χ1n) is 11.3. The molecular weight excluding hydrogens is 454 g/mol. The van der Waals surface area contributed by atoms with E-state index in [1.807, 2.05) is 84.1 Å². The van der Waals surface area contributed by atoms with Crippen molar-refractivity contribution in [3.63, 3.8) is 0 Å². The largest absolute Gasteiger partial charge is 0.497 e. The minimum absolute atomic E-state index is 0.108. The van der Waals surface area contributed by atoms with E-state index in [4.69, 9.17) is 4.74 Å². The molecule has 0 unspecified atom stereocenters. The molecule has 0 N–H and O–H groups in total. The SMILES string of the molecule is COc1ccc2c(c1)C=CN1[C@H](C(=O)c3ccccc3)[C@@H](c3ccc(SC)cc3)C(C#N)(C#N)[C@H]21. The van der Waals surface area contributed by atoms with Crippen molar-refractivity contribution < 1.29 is 9.53 Å². The summed E-state index contributed by atoms with van der Waals surface area (Å²) >= 11 is 1.62. The van der Waals surface area contributed by atoms with Crippen molar-refractivity contribution in [3.8, 4) is 17.9 Å². The highest BCUT2D eigenvalue weighted by Crippen LogP contribution is 2.60. The Hall–Kier alpha value is -4.00. The minimum atomic E-state index is -1.48. The van der Waals surface area contributed by atoms with Gasteiger partial charge in [0.1, 0.15) is 11.8 Å². The number of nitriles is 2. The van der Waals surface area contributed by atoms with Gasteiger partial charge in [0.25, 0.3) is 0 Å². The van der Waals surface area contributed by atoms with Crippen molar-refractivity contribution in [1.82, 2.24) is 4.90 Å². The Morgan fingerprint density at radius 1 is 1.03 bits per heavy atom. The van der Waals surface area contributed by atoms with E-state index < -0.39 is 23.4 Å². The van der Waals surface area contributed by atoms with E-state index in [1.54, 1.807) is 31.0 Å². The van der Waals surface area contributed by atoms with E-state index in [2.05, 4.69) is 12.1 Å². The third-order valence-corrected chi connectivity index (χ3v) is 7.79. The molecule has 3 atom stereocenters. The number of ketones is 1. The summed E-state index contributed by atoms with van der Waals surface area (Å²) in [7, 11) is 1.60. The molecule has 0 aliphatic carbocycles. The van der Waals surface area contributed by atoms with Crippen LogP contribution in [0.15, 0.2) is 83.9 Å². The third-order valence-electron chi connectivity index (χ3n) is 7.04. The molecule has 35 heavy (non-hydrogen) atoms. The number of hydrogen-bond acceptors (Lipinski definition) is 6. The quantitative estimate of drug-likeness (QED) is 0.340. The highest BCUT2D eigenvalue weighted by molar-refractivity contribution is 7.98. The monoisotopic (exact) mass is 477 g/mol. The molecule has 2 aliphatic heterocycles. The number of Topliss-reactive ketones (excluding diaryl/α,β-unsaturated/α-hetero) is 1. The maximum absolute atomic E-state index is 14.0. The van der Waals surface area contributed by atoms with E-state index >= 15 is 0 Å². The lowest BCUT2D eigenvalue weighted by atomic mass is 9.67. The van der Waals surface area contributed by atoms with Crippen LogP contribution in [0.2, 0.25) is 0 Å². The Morgan fingerprint density at radius 3 is 2.37 bits per heavy atom. The molecule has 0 spiro atoms. The number of carbonyl (C=O) groups is 1. The molecule has 0 amide bonds. The molecule has 2 heterocycles. The maximum Gasteiger partial charge on any atom is 0.185 e. The fraction of sp³-hybridized carbons (Fsp3) is 0.207. The zero-order valence-corrected chi connectivity index (χ0v) is 20.2. The van der Waals surface area contributed by atoms with E-state index in [1.165, 1.54) is 0 Å². The van der Waals surface area contributed by atoms with Gasteiger partial charge in [-0.2, -0.15) is 10.5 Å². The Morgan fingerprint density at radius 2 is 1.74 bits per heavy atom. The van der Waals surface area contributed by atoms with Crippen LogP contribution >= 0.6 is 11.8 Å². The summed E-state index contributed by atoms with van der Waals surface area (Å²) in [5.41, 5.74) is 1.60. The van der Waals surface area contributed by atoms with Gasteiger partial charge in [0, 0.05) is 22.6 Å². The van der Waals surface area contributed by atoms with Crippen LogP contribution < -0.4 is 4.74 Å². The standard InChI is InChI=1S/C29H23N3O2S/c1-34-22-10-13-24-21(16-22)14-15-32-26(27(33)20-6-4-3-5-7-20)25(29(17-30,18-31)28(24)32)19-8-11-23(35-2)12-9-19/h3-16,25-26,28H,1-2H3/t25-,26+,28+/m1/s1.